The Morgan fingerprint density at radius 2 is 2.15 bits per heavy atom. The minimum absolute atomic E-state index is 0.0906. The van der Waals surface area contributed by atoms with Gasteiger partial charge in [-0.05, 0) is 18.2 Å². The van der Waals surface area contributed by atoms with Crippen LogP contribution in [0.5, 0.6) is 0 Å². The zero-order chi connectivity index (χ0) is 15.0. The highest BCUT2D eigenvalue weighted by Gasteiger charge is 2.43. The lowest BCUT2D eigenvalue weighted by Gasteiger charge is -2.24. The van der Waals surface area contributed by atoms with E-state index in [1.54, 1.807) is 0 Å². The van der Waals surface area contributed by atoms with E-state index in [1.807, 2.05) is 0 Å². The van der Waals surface area contributed by atoms with Crippen LogP contribution in [-0.2, 0) is 14.6 Å². The molecule has 1 fully saturated rings. The lowest BCUT2D eigenvalue weighted by atomic mass is 9.99. The highest BCUT2D eigenvalue weighted by molar-refractivity contribution is 7.99. The van der Waals surface area contributed by atoms with Gasteiger partial charge in [0.15, 0.2) is 9.84 Å². The predicted molar refractivity (Wildman–Crippen MR) is 77.2 cm³/mol. The topological polar surface area (TPSA) is 101 Å². The quantitative estimate of drug-likeness (QED) is 0.846. The number of carboxylic acid groups (broad SMARTS) is 1. The molecular formula is C11H13NO5S3. The predicted octanol–water partition coefficient (Wildman–Crippen LogP) is 0.842. The van der Waals surface area contributed by atoms with E-state index < -0.39 is 27.3 Å². The molecule has 1 aromatic heterocycles. The standard InChI is InChI=1S/C11H13NO5S3/c1-20(16,17)8-4-7(5-19-8)9(13)12-11(10(14)15)2-3-18-6-11/h4-5H,2-3,6H2,1H3,(H,12,13)(H,14,15). The number of hydrogen-bond donors (Lipinski definition) is 2. The zero-order valence-corrected chi connectivity index (χ0v) is 13.0. The van der Waals surface area contributed by atoms with Gasteiger partial charge in [-0.15, -0.1) is 11.3 Å². The molecule has 9 heteroatoms. The molecule has 1 unspecified atom stereocenters. The molecule has 0 aromatic carbocycles. The molecule has 0 radical (unpaired) electrons. The fourth-order valence-electron chi connectivity index (χ4n) is 1.81. The Morgan fingerprint density at radius 3 is 2.60 bits per heavy atom. The van der Waals surface area contributed by atoms with Crippen molar-refractivity contribution in [3.05, 3.63) is 17.0 Å². The Balaban J connectivity index is 2.20. The second-order valence-electron chi connectivity index (χ2n) is 4.57. The molecule has 2 rings (SSSR count). The summed E-state index contributed by atoms with van der Waals surface area (Å²) in [6, 6.07) is 1.27. The number of carboxylic acids is 1. The van der Waals surface area contributed by atoms with Gasteiger partial charge in [-0.1, -0.05) is 0 Å². The number of thioether (sulfide) groups is 1. The smallest absolute Gasteiger partial charge is 0.330 e. The van der Waals surface area contributed by atoms with Gasteiger partial charge >= 0.3 is 5.97 Å². The summed E-state index contributed by atoms with van der Waals surface area (Å²) in [4.78, 5) is 23.4. The molecule has 1 aliphatic heterocycles. The van der Waals surface area contributed by atoms with E-state index in [1.165, 1.54) is 23.2 Å². The van der Waals surface area contributed by atoms with Crippen LogP contribution in [0.3, 0.4) is 0 Å². The Morgan fingerprint density at radius 1 is 1.45 bits per heavy atom. The number of sulfone groups is 1. The summed E-state index contributed by atoms with van der Waals surface area (Å²) in [6.07, 6.45) is 1.43. The van der Waals surface area contributed by atoms with Gasteiger partial charge in [0, 0.05) is 17.4 Å². The summed E-state index contributed by atoms with van der Waals surface area (Å²) in [6.45, 7) is 0. The SMILES string of the molecule is CS(=O)(=O)c1cc(C(=O)NC2(C(=O)O)CCSC2)cs1. The molecule has 1 aromatic rings. The van der Waals surface area contributed by atoms with Crippen LogP contribution in [0, 0.1) is 0 Å². The normalized spacial score (nSPS) is 22.6. The molecule has 1 aliphatic rings. The molecule has 0 saturated carbocycles. The average molecular weight is 335 g/mol. The maximum atomic E-state index is 12.1. The minimum Gasteiger partial charge on any atom is -0.479 e. The van der Waals surface area contributed by atoms with Gasteiger partial charge in [0.1, 0.15) is 9.75 Å². The van der Waals surface area contributed by atoms with Gasteiger partial charge in [0.05, 0.1) is 5.56 Å². The molecule has 20 heavy (non-hydrogen) atoms. The first kappa shape index (κ1) is 15.3. The Kier molecular flexibility index (Phi) is 4.12. The fraction of sp³-hybridized carbons (Fsp3) is 0.455. The molecule has 0 spiro atoms. The number of nitrogens with one attached hydrogen (secondary N) is 1. The molecule has 2 N–H and O–H groups in total. The van der Waals surface area contributed by atoms with Gasteiger partial charge in [-0.3, -0.25) is 4.79 Å². The monoisotopic (exact) mass is 335 g/mol. The first-order chi connectivity index (χ1) is 9.24. The van der Waals surface area contributed by atoms with Gasteiger partial charge < -0.3 is 10.4 Å². The van der Waals surface area contributed by atoms with Crippen LogP contribution in [0.2, 0.25) is 0 Å². The number of aliphatic carboxylic acids is 1. The van der Waals surface area contributed by atoms with Crippen molar-refractivity contribution < 1.29 is 23.1 Å². The second-order valence-corrected chi connectivity index (χ2v) is 8.83. The Hall–Kier alpha value is -1.06. The zero-order valence-electron chi connectivity index (χ0n) is 10.6. The number of hydrogen-bond acceptors (Lipinski definition) is 6. The van der Waals surface area contributed by atoms with Crippen LogP contribution in [0.15, 0.2) is 15.7 Å². The largest absolute Gasteiger partial charge is 0.479 e. The van der Waals surface area contributed by atoms with Crippen molar-refractivity contribution in [2.24, 2.45) is 0 Å². The molecule has 0 bridgehead atoms. The van der Waals surface area contributed by atoms with Crippen LogP contribution in [0.1, 0.15) is 16.8 Å². The number of rotatable bonds is 4. The van der Waals surface area contributed by atoms with Crippen molar-refractivity contribution in [2.45, 2.75) is 16.2 Å². The summed E-state index contributed by atoms with van der Waals surface area (Å²) in [5.74, 6) is -0.627. The summed E-state index contributed by atoms with van der Waals surface area (Å²) >= 11 is 2.42. The Bertz CT molecular complexity index is 643. The van der Waals surface area contributed by atoms with Crippen molar-refractivity contribution in [1.29, 1.82) is 0 Å². The van der Waals surface area contributed by atoms with Crippen molar-refractivity contribution in [2.75, 3.05) is 17.8 Å². The van der Waals surface area contributed by atoms with Crippen LogP contribution < -0.4 is 5.32 Å². The third-order valence-electron chi connectivity index (χ3n) is 2.99. The van der Waals surface area contributed by atoms with Gasteiger partial charge in [0.25, 0.3) is 5.91 Å². The van der Waals surface area contributed by atoms with Crippen molar-refractivity contribution >= 4 is 44.8 Å². The van der Waals surface area contributed by atoms with Crippen LogP contribution in [0.25, 0.3) is 0 Å². The molecule has 1 atom stereocenters. The summed E-state index contributed by atoms with van der Waals surface area (Å²) < 4.78 is 22.8. The van der Waals surface area contributed by atoms with Gasteiger partial charge in [-0.25, -0.2) is 13.2 Å². The van der Waals surface area contributed by atoms with E-state index in [0.717, 1.165) is 17.6 Å². The Labute approximate surface area is 124 Å². The molecule has 2 heterocycles. The van der Waals surface area contributed by atoms with Crippen molar-refractivity contribution in [3.63, 3.8) is 0 Å². The molecule has 110 valence electrons. The maximum absolute atomic E-state index is 12.1. The van der Waals surface area contributed by atoms with Gasteiger partial charge in [0.2, 0.25) is 0 Å². The number of thiophene rings is 1. The van der Waals surface area contributed by atoms with E-state index in [4.69, 9.17) is 0 Å². The molecule has 6 nitrogen and oxygen atoms in total. The summed E-state index contributed by atoms with van der Waals surface area (Å²) in [5, 5.41) is 13.2. The van der Waals surface area contributed by atoms with E-state index in [0.29, 0.717) is 17.9 Å². The highest BCUT2D eigenvalue weighted by atomic mass is 32.2. The van der Waals surface area contributed by atoms with Crippen LogP contribution >= 0.6 is 23.1 Å². The van der Waals surface area contributed by atoms with E-state index in [9.17, 15) is 23.1 Å². The summed E-state index contributed by atoms with van der Waals surface area (Å²) in [7, 11) is -3.36. The summed E-state index contributed by atoms with van der Waals surface area (Å²) in [5.41, 5.74) is -1.08. The third kappa shape index (κ3) is 2.99. The number of amides is 1. The average Bonchev–Trinajstić information content (AvgIpc) is 2.96. The molecule has 0 aliphatic carbocycles. The maximum Gasteiger partial charge on any atom is 0.330 e. The van der Waals surface area contributed by atoms with E-state index in [2.05, 4.69) is 5.32 Å². The second kappa shape index (κ2) is 5.38. The molecular weight excluding hydrogens is 322 g/mol. The highest BCUT2D eigenvalue weighted by Crippen LogP contribution is 2.29. The van der Waals surface area contributed by atoms with Crippen LogP contribution in [-0.4, -0.2) is 48.7 Å². The third-order valence-corrected chi connectivity index (χ3v) is 6.94. The first-order valence-electron chi connectivity index (χ1n) is 5.67. The minimum atomic E-state index is -3.36. The van der Waals surface area contributed by atoms with Crippen LogP contribution in [0.4, 0.5) is 0 Å². The lowest BCUT2D eigenvalue weighted by molar-refractivity contribution is -0.143. The van der Waals surface area contributed by atoms with E-state index in [-0.39, 0.29) is 9.77 Å². The molecule has 1 amide bonds. The van der Waals surface area contributed by atoms with Crippen molar-refractivity contribution in [1.82, 2.24) is 5.32 Å². The van der Waals surface area contributed by atoms with Gasteiger partial charge in [-0.2, -0.15) is 11.8 Å². The fourth-order valence-corrected chi connectivity index (χ4v) is 4.93. The number of carbonyl (C=O) groups is 2. The number of carbonyl (C=O) groups excluding carboxylic acids is 1. The van der Waals surface area contributed by atoms with Crippen molar-refractivity contribution in [3.8, 4) is 0 Å². The first-order valence-corrected chi connectivity index (χ1v) is 9.59. The molecule has 1 saturated heterocycles. The lowest BCUT2D eigenvalue weighted by Crippen LogP contribution is -2.54. The van der Waals surface area contributed by atoms with E-state index >= 15 is 0 Å².